The first-order valence-corrected chi connectivity index (χ1v) is 14.0. The fourth-order valence-electron chi connectivity index (χ4n) is 4.54. The van der Waals surface area contributed by atoms with E-state index in [2.05, 4.69) is 33.4 Å². The van der Waals surface area contributed by atoms with E-state index in [0.29, 0.717) is 30.5 Å². The van der Waals surface area contributed by atoms with Crippen LogP contribution in [0.15, 0.2) is 79.0 Å². The van der Waals surface area contributed by atoms with Crippen LogP contribution in [0.1, 0.15) is 31.9 Å². The Labute approximate surface area is 223 Å². The number of benzene rings is 3. The van der Waals surface area contributed by atoms with Gasteiger partial charge in [-0.1, -0.05) is 65.9 Å². The first kappa shape index (κ1) is 23.8. The van der Waals surface area contributed by atoms with Crippen LogP contribution in [0.4, 0.5) is 10.3 Å². The number of hydrogen-bond donors (Lipinski definition) is 1. The van der Waals surface area contributed by atoms with Crippen molar-refractivity contribution >= 4 is 49.1 Å². The molecule has 0 unspecified atom stereocenters. The van der Waals surface area contributed by atoms with Crippen LogP contribution < -0.4 is 10.2 Å². The van der Waals surface area contributed by atoms with Crippen molar-refractivity contribution in [3.05, 3.63) is 106 Å². The van der Waals surface area contributed by atoms with Gasteiger partial charge in [0.2, 0.25) is 0 Å². The molecule has 6 nitrogen and oxygen atoms in total. The molecule has 0 saturated heterocycles. The number of hydrogen-bond acceptors (Lipinski definition) is 7. The van der Waals surface area contributed by atoms with Crippen LogP contribution in [0.25, 0.3) is 10.2 Å². The van der Waals surface area contributed by atoms with E-state index in [1.165, 1.54) is 27.3 Å². The monoisotopic (exact) mass is 526 g/mol. The zero-order valence-electron chi connectivity index (χ0n) is 20.2. The Morgan fingerprint density at radius 1 is 1.00 bits per heavy atom. The van der Waals surface area contributed by atoms with Crippen LogP contribution in [0.2, 0.25) is 0 Å². The molecule has 0 saturated carbocycles. The molecule has 0 bridgehead atoms. The smallest absolute Gasteiger partial charge is 0.257 e. The summed E-state index contributed by atoms with van der Waals surface area (Å²) in [6.07, 6.45) is 3.67. The Kier molecular flexibility index (Phi) is 6.94. The van der Waals surface area contributed by atoms with Gasteiger partial charge in [0.25, 0.3) is 5.91 Å². The van der Waals surface area contributed by atoms with Crippen LogP contribution in [-0.4, -0.2) is 29.0 Å². The molecule has 5 aromatic rings. The third-order valence-corrected chi connectivity index (χ3v) is 8.52. The molecule has 0 spiro atoms. The number of carbonyl (C=O) groups excluding carboxylic acids is 1. The number of carbonyl (C=O) groups is 1. The summed E-state index contributed by atoms with van der Waals surface area (Å²) in [5.41, 5.74) is 5.07. The minimum Gasteiger partial charge on any atom is -0.376 e. The van der Waals surface area contributed by atoms with Crippen molar-refractivity contribution in [1.82, 2.24) is 9.97 Å². The number of rotatable bonds is 8. The van der Waals surface area contributed by atoms with E-state index in [9.17, 15) is 4.79 Å². The highest BCUT2D eigenvalue weighted by atomic mass is 32.1. The third kappa shape index (κ3) is 5.41. The van der Waals surface area contributed by atoms with E-state index in [1.807, 2.05) is 60.8 Å². The lowest BCUT2D eigenvalue weighted by Gasteiger charge is -2.29. The summed E-state index contributed by atoms with van der Waals surface area (Å²) in [5.74, 6) is -0.117. The van der Waals surface area contributed by atoms with Gasteiger partial charge in [-0.3, -0.25) is 10.1 Å². The van der Waals surface area contributed by atoms with Gasteiger partial charge in [-0.05, 0) is 41.3 Å². The third-order valence-electron chi connectivity index (χ3n) is 6.45. The number of fused-ring (bicyclic) bond motifs is 2. The van der Waals surface area contributed by atoms with Crippen molar-refractivity contribution in [2.24, 2.45) is 0 Å². The van der Waals surface area contributed by atoms with E-state index >= 15 is 0 Å². The number of para-hydroxylation sites is 1. The Morgan fingerprint density at radius 2 is 1.86 bits per heavy atom. The summed E-state index contributed by atoms with van der Waals surface area (Å²) in [7, 11) is 0. The lowest BCUT2D eigenvalue weighted by atomic mass is 9.94. The van der Waals surface area contributed by atoms with Gasteiger partial charge in [0, 0.05) is 36.1 Å². The Morgan fingerprint density at radius 3 is 2.76 bits per heavy atom. The first-order valence-electron chi connectivity index (χ1n) is 12.3. The summed E-state index contributed by atoms with van der Waals surface area (Å²) in [4.78, 5) is 26.0. The quantitative estimate of drug-likeness (QED) is 0.240. The topological polar surface area (TPSA) is 67.4 Å². The number of nitrogens with zero attached hydrogens (tertiary/aromatic N) is 3. The average Bonchev–Trinajstić information content (AvgIpc) is 3.58. The molecule has 0 aliphatic carbocycles. The van der Waals surface area contributed by atoms with E-state index in [0.717, 1.165) is 40.3 Å². The molecule has 3 aromatic carbocycles. The maximum Gasteiger partial charge on any atom is 0.257 e. The van der Waals surface area contributed by atoms with Gasteiger partial charge in [0.05, 0.1) is 23.4 Å². The maximum absolute atomic E-state index is 13.3. The SMILES string of the molecule is O=C(Nc1nc2ccccc2s1)c1cccc2c1CN(c1ncc(CCOCc3ccccc3)s1)CC2. The zero-order valence-corrected chi connectivity index (χ0v) is 21.9. The molecular formula is C29H26N4O2S2. The molecule has 6 rings (SSSR count). The average molecular weight is 527 g/mol. The van der Waals surface area contributed by atoms with Gasteiger partial charge < -0.3 is 9.64 Å². The van der Waals surface area contributed by atoms with Crippen molar-refractivity contribution in [3.8, 4) is 0 Å². The number of anilines is 2. The van der Waals surface area contributed by atoms with Crippen LogP contribution >= 0.6 is 22.7 Å². The van der Waals surface area contributed by atoms with Gasteiger partial charge in [0.15, 0.2) is 10.3 Å². The number of nitrogens with one attached hydrogen (secondary N) is 1. The summed E-state index contributed by atoms with van der Waals surface area (Å²) >= 11 is 3.20. The predicted octanol–water partition coefficient (Wildman–Crippen LogP) is 6.33. The maximum atomic E-state index is 13.3. The second kappa shape index (κ2) is 10.8. The molecule has 1 amide bonds. The molecule has 0 radical (unpaired) electrons. The number of ether oxygens (including phenoxy) is 1. The second-order valence-electron chi connectivity index (χ2n) is 8.95. The highest BCUT2D eigenvalue weighted by Crippen LogP contribution is 2.31. The Bertz CT molecular complexity index is 1500. The molecule has 0 fully saturated rings. The Balaban J connectivity index is 1.11. The minimum atomic E-state index is -0.117. The molecular weight excluding hydrogens is 500 g/mol. The predicted molar refractivity (Wildman–Crippen MR) is 151 cm³/mol. The molecule has 37 heavy (non-hydrogen) atoms. The molecule has 1 N–H and O–H groups in total. The fraction of sp³-hybridized carbons (Fsp3) is 0.207. The van der Waals surface area contributed by atoms with Gasteiger partial charge in [-0.25, -0.2) is 9.97 Å². The van der Waals surface area contributed by atoms with Crippen molar-refractivity contribution in [1.29, 1.82) is 0 Å². The highest BCUT2D eigenvalue weighted by Gasteiger charge is 2.24. The Hall–Kier alpha value is -3.59. The summed E-state index contributed by atoms with van der Waals surface area (Å²) in [5, 5.41) is 4.63. The molecule has 1 aliphatic heterocycles. The van der Waals surface area contributed by atoms with Gasteiger partial charge in [-0.2, -0.15) is 0 Å². The second-order valence-corrected chi connectivity index (χ2v) is 11.1. The normalized spacial score (nSPS) is 13.0. The van der Waals surface area contributed by atoms with E-state index < -0.39 is 0 Å². The molecule has 2 aromatic heterocycles. The fourth-order valence-corrected chi connectivity index (χ4v) is 6.32. The van der Waals surface area contributed by atoms with Gasteiger partial charge in [0.1, 0.15) is 0 Å². The standard InChI is InChI=1S/C29H26N4O2S2/c34-27(32-28-31-25-11-4-5-12-26(25)37-28)23-10-6-9-21-13-15-33(18-24(21)23)29-30-17-22(36-29)14-16-35-19-20-7-2-1-3-8-20/h1-12,17H,13-16,18-19H2,(H,31,32,34). The molecule has 1 aliphatic rings. The van der Waals surface area contributed by atoms with E-state index in [4.69, 9.17) is 9.72 Å². The van der Waals surface area contributed by atoms with Crippen LogP contribution in [0.3, 0.4) is 0 Å². The van der Waals surface area contributed by atoms with E-state index in [-0.39, 0.29) is 5.91 Å². The largest absolute Gasteiger partial charge is 0.376 e. The number of thiazole rings is 2. The first-order chi connectivity index (χ1) is 18.2. The summed E-state index contributed by atoms with van der Waals surface area (Å²) < 4.78 is 6.91. The molecule has 186 valence electrons. The van der Waals surface area contributed by atoms with Gasteiger partial charge >= 0.3 is 0 Å². The zero-order chi connectivity index (χ0) is 25.0. The van der Waals surface area contributed by atoms with Crippen LogP contribution in [0.5, 0.6) is 0 Å². The highest BCUT2D eigenvalue weighted by molar-refractivity contribution is 7.22. The molecule has 8 heteroatoms. The van der Waals surface area contributed by atoms with Crippen LogP contribution in [0, 0.1) is 0 Å². The van der Waals surface area contributed by atoms with Crippen molar-refractivity contribution < 1.29 is 9.53 Å². The number of aromatic nitrogens is 2. The summed E-state index contributed by atoms with van der Waals surface area (Å²) in [6.45, 7) is 2.83. The summed E-state index contributed by atoms with van der Waals surface area (Å²) in [6, 6.07) is 24.1. The lowest BCUT2D eigenvalue weighted by Crippen LogP contribution is -2.32. The van der Waals surface area contributed by atoms with Crippen molar-refractivity contribution in [2.45, 2.75) is 26.0 Å². The van der Waals surface area contributed by atoms with Crippen molar-refractivity contribution in [2.75, 3.05) is 23.4 Å². The lowest BCUT2D eigenvalue weighted by molar-refractivity contribution is 0.102. The van der Waals surface area contributed by atoms with Crippen LogP contribution in [-0.2, 0) is 30.7 Å². The molecule has 3 heterocycles. The number of amides is 1. The minimum absolute atomic E-state index is 0.117. The van der Waals surface area contributed by atoms with Gasteiger partial charge in [-0.15, -0.1) is 11.3 Å². The molecule has 0 atom stereocenters. The van der Waals surface area contributed by atoms with Crippen molar-refractivity contribution in [3.63, 3.8) is 0 Å². The van der Waals surface area contributed by atoms with E-state index in [1.54, 1.807) is 11.3 Å².